The van der Waals surface area contributed by atoms with Crippen molar-refractivity contribution in [3.8, 4) is 0 Å². The SMILES string of the molecule is O=C(Cl)c1ccc(Br)c([N+](=O)[O-])c1.O=C(O)c1ccc(Br)c([N+](=O)[O-])c1. The number of carbonyl (C=O) groups is 2. The molecule has 0 bridgehead atoms. The summed E-state index contributed by atoms with van der Waals surface area (Å²) in [6, 6.07) is 7.58. The third-order valence-corrected chi connectivity index (χ3v) is 4.32. The van der Waals surface area contributed by atoms with Crippen LogP contribution in [0.3, 0.4) is 0 Å². The van der Waals surface area contributed by atoms with Crippen LogP contribution >= 0.6 is 43.5 Å². The molecule has 0 unspecified atom stereocenters. The molecule has 0 amide bonds. The lowest BCUT2D eigenvalue weighted by Crippen LogP contribution is -1.98. The van der Waals surface area contributed by atoms with Crippen molar-refractivity contribution in [1.82, 2.24) is 0 Å². The van der Waals surface area contributed by atoms with E-state index in [0.29, 0.717) is 4.47 Å². The van der Waals surface area contributed by atoms with E-state index in [9.17, 15) is 29.8 Å². The number of nitro benzene ring substituents is 2. The van der Waals surface area contributed by atoms with Crippen LogP contribution < -0.4 is 0 Å². The van der Waals surface area contributed by atoms with Crippen molar-refractivity contribution < 1.29 is 24.5 Å². The fraction of sp³-hybridized carbons (Fsp3) is 0. The standard InChI is InChI=1S/C7H3BrClNO3.C7H4BrNO4/c8-5-2-1-4(7(9)11)3-6(5)10(12)13;8-5-2-1-4(7(10)11)3-6(5)9(12)13/h1-3H;1-3H,(H,10,11). The third-order valence-electron chi connectivity index (χ3n) is 2.76. The van der Waals surface area contributed by atoms with Crippen molar-refractivity contribution in [1.29, 1.82) is 0 Å². The van der Waals surface area contributed by atoms with Crippen molar-refractivity contribution >= 4 is 66.0 Å². The lowest BCUT2D eigenvalue weighted by atomic mass is 10.2. The van der Waals surface area contributed by atoms with Crippen LogP contribution in [0.2, 0.25) is 0 Å². The number of carboxylic acids is 1. The minimum Gasteiger partial charge on any atom is -0.478 e. The molecule has 2 aromatic rings. The summed E-state index contributed by atoms with van der Waals surface area (Å²) in [5.74, 6) is -1.18. The Morgan fingerprint density at radius 3 is 1.62 bits per heavy atom. The van der Waals surface area contributed by atoms with Gasteiger partial charge in [-0.2, -0.15) is 0 Å². The average Bonchev–Trinajstić information content (AvgIpc) is 2.55. The van der Waals surface area contributed by atoms with Gasteiger partial charge in [-0.05, 0) is 67.7 Å². The van der Waals surface area contributed by atoms with Crippen LogP contribution in [-0.2, 0) is 0 Å². The molecule has 1 N–H and O–H groups in total. The fourth-order valence-electron chi connectivity index (χ4n) is 1.56. The summed E-state index contributed by atoms with van der Waals surface area (Å²) in [5, 5.41) is 28.6. The number of carbonyl (C=O) groups excluding carboxylic acids is 1. The van der Waals surface area contributed by atoms with Crippen LogP contribution in [0.15, 0.2) is 45.3 Å². The molecule has 0 aromatic heterocycles. The smallest absolute Gasteiger partial charge is 0.335 e. The number of halogens is 3. The van der Waals surface area contributed by atoms with Crippen molar-refractivity contribution in [2.75, 3.05) is 0 Å². The largest absolute Gasteiger partial charge is 0.478 e. The summed E-state index contributed by atoms with van der Waals surface area (Å²) in [6.07, 6.45) is 0. The Kier molecular flexibility index (Phi) is 7.80. The van der Waals surface area contributed by atoms with Gasteiger partial charge in [0.15, 0.2) is 0 Å². The van der Waals surface area contributed by atoms with E-state index in [1.807, 2.05) is 0 Å². The van der Waals surface area contributed by atoms with Gasteiger partial charge < -0.3 is 5.11 Å². The molecule has 9 nitrogen and oxygen atoms in total. The summed E-state index contributed by atoms with van der Waals surface area (Å²) < 4.78 is 0.585. The molecule has 2 aromatic carbocycles. The Labute approximate surface area is 167 Å². The van der Waals surface area contributed by atoms with Crippen LogP contribution in [0.25, 0.3) is 0 Å². The van der Waals surface area contributed by atoms with Gasteiger partial charge in [-0.15, -0.1) is 0 Å². The first kappa shape index (κ1) is 21.7. The van der Waals surface area contributed by atoms with E-state index in [-0.39, 0.29) is 27.0 Å². The molecule has 0 saturated heterocycles. The highest BCUT2D eigenvalue weighted by Crippen LogP contribution is 2.26. The zero-order valence-corrected chi connectivity index (χ0v) is 16.3. The van der Waals surface area contributed by atoms with Gasteiger partial charge in [0.1, 0.15) is 0 Å². The maximum absolute atomic E-state index is 10.7. The Balaban J connectivity index is 0.000000260. The molecule has 26 heavy (non-hydrogen) atoms. The zero-order chi connectivity index (χ0) is 20.0. The van der Waals surface area contributed by atoms with Crippen LogP contribution in [0.1, 0.15) is 20.7 Å². The van der Waals surface area contributed by atoms with Crippen molar-refractivity contribution in [2.45, 2.75) is 0 Å². The second-order valence-electron chi connectivity index (χ2n) is 4.43. The molecule has 12 heteroatoms. The minimum atomic E-state index is -1.18. The number of benzene rings is 2. The number of hydrogen-bond donors (Lipinski definition) is 1. The van der Waals surface area contributed by atoms with Crippen LogP contribution in [0.4, 0.5) is 11.4 Å². The van der Waals surface area contributed by atoms with Crippen molar-refractivity contribution in [2.24, 2.45) is 0 Å². The normalized spacial score (nSPS) is 9.65. The fourth-order valence-corrected chi connectivity index (χ4v) is 2.46. The van der Waals surface area contributed by atoms with Gasteiger partial charge in [0.2, 0.25) is 0 Å². The number of nitrogens with zero attached hydrogens (tertiary/aromatic N) is 2. The molecule has 2 rings (SSSR count). The predicted octanol–water partition coefficient (Wildman–Crippen LogP) is 4.79. The monoisotopic (exact) mass is 508 g/mol. The highest BCUT2D eigenvalue weighted by molar-refractivity contribution is 9.11. The second kappa shape index (κ2) is 9.36. The average molecular weight is 510 g/mol. The maximum atomic E-state index is 10.7. The molecule has 0 spiro atoms. The molecule has 0 saturated carbocycles. The van der Waals surface area contributed by atoms with Crippen molar-refractivity contribution in [3.63, 3.8) is 0 Å². The summed E-state index contributed by atoms with van der Waals surface area (Å²) in [6.45, 7) is 0. The summed E-state index contributed by atoms with van der Waals surface area (Å²) in [4.78, 5) is 40.7. The first-order chi connectivity index (χ1) is 12.0. The highest BCUT2D eigenvalue weighted by Gasteiger charge is 2.15. The summed E-state index contributed by atoms with van der Waals surface area (Å²) in [5.41, 5.74) is -0.419. The number of nitro groups is 2. The second-order valence-corrected chi connectivity index (χ2v) is 6.48. The molecule has 136 valence electrons. The first-order valence-electron chi connectivity index (χ1n) is 6.35. The zero-order valence-electron chi connectivity index (χ0n) is 12.4. The Hall–Kier alpha value is -2.37. The van der Waals surface area contributed by atoms with Gasteiger partial charge in [0, 0.05) is 17.7 Å². The van der Waals surface area contributed by atoms with Crippen LogP contribution in [0, 0.1) is 20.2 Å². The van der Waals surface area contributed by atoms with Gasteiger partial charge in [0.25, 0.3) is 16.6 Å². The Bertz CT molecular complexity index is 831. The predicted molar refractivity (Wildman–Crippen MR) is 98.7 cm³/mol. The van der Waals surface area contributed by atoms with Crippen LogP contribution in [-0.4, -0.2) is 26.2 Å². The number of hydrogen-bond acceptors (Lipinski definition) is 6. The molecule has 0 aliphatic carbocycles. The number of rotatable bonds is 4. The molecule has 0 heterocycles. The van der Waals surface area contributed by atoms with E-state index >= 15 is 0 Å². The van der Waals surface area contributed by atoms with Gasteiger partial charge in [-0.25, -0.2) is 4.79 Å². The summed E-state index contributed by atoms with van der Waals surface area (Å²) in [7, 11) is 0. The minimum absolute atomic E-state index is 0.102. The molecule has 0 fully saturated rings. The third kappa shape index (κ3) is 5.86. The first-order valence-corrected chi connectivity index (χ1v) is 8.32. The molecular weight excluding hydrogens is 503 g/mol. The molecule has 0 aliphatic heterocycles. The van der Waals surface area contributed by atoms with Gasteiger partial charge in [0.05, 0.1) is 24.4 Å². The Morgan fingerprint density at radius 2 is 1.27 bits per heavy atom. The van der Waals surface area contributed by atoms with E-state index < -0.39 is 21.1 Å². The lowest BCUT2D eigenvalue weighted by molar-refractivity contribution is -0.385. The molecule has 0 atom stereocenters. The van der Waals surface area contributed by atoms with Gasteiger partial charge in [-0.3, -0.25) is 25.0 Å². The van der Waals surface area contributed by atoms with Crippen molar-refractivity contribution in [3.05, 3.63) is 76.7 Å². The van der Waals surface area contributed by atoms with Gasteiger partial charge in [-0.1, -0.05) is 0 Å². The van der Waals surface area contributed by atoms with E-state index in [0.717, 1.165) is 12.1 Å². The van der Waals surface area contributed by atoms with E-state index in [1.165, 1.54) is 24.3 Å². The molecule has 0 radical (unpaired) electrons. The van der Waals surface area contributed by atoms with Crippen LogP contribution in [0.5, 0.6) is 0 Å². The van der Waals surface area contributed by atoms with E-state index in [4.69, 9.17) is 16.7 Å². The highest BCUT2D eigenvalue weighted by atomic mass is 79.9. The molecule has 0 aliphatic rings. The number of carboxylic acid groups (broad SMARTS) is 1. The van der Waals surface area contributed by atoms with E-state index in [2.05, 4.69) is 31.9 Å². The lowest BCUT2D eigenvalue weighted by Gasteiger charge is -1.96. The maximum Gasteiger partial charge on any atom is 0.335 e. The molecular formula is C14H7Br2ClN2O7. The quantitative estimate of drug-likeness (QED) is 0.354. The Morgan fingerprint density at radius 1 is 0.885 bits per heavy atom. The van der Waals surface area contributed by atoms with Gasteiger partial charge >= 0.3 is 5.97 Å². The van der Waals surface area contributed by atoms with E-state index in [1.54, 1.807) is 0 Å². The topological polar surface area (TPSA) is 141 Å². The summed E-state index contributed by atoms with van der Waals surface area (Å²) >= 11 is 11.1. The number of aromatic carboxylic acids is 1.